The number of carbonyl (C=O) groups is 1. The van der Waals surface area contributed by atoms with Gasteiger partial charge in [0.25, 0.3) is 0 Å². The minimum Gasteiger partial charge on any atom is -0.489 e. The lowest BCUT2D eigenvalue weighted by molar-refractivity contribution is -0.122. The van der Waals surface area contributed by atoms with Gasteiger partial charge in [0, 0.05) is 32.3 Å². The van der Waals surface area contributed by atoms with E-state index < -0.39 is 0 Å². The number of rotatable bonds is 10. The second-order valence-electron chi connectivity index (χ2n) is 7.98. The Bertz CT molecular complexity index is 859. The van der Waals surface area contributed by atoms with Crippen molar-refractivity contribution in [2.45, 2.75) is 52.1 Å². The van der Waals surface area contributed by atoms with Crippen molar-refractivity contribution in [1.82, 2.24) is 10.3 Å². The maximum Gasteiger partial charge on any atom is 0.227 e. The fraction of sp³-hybridized carbons (Fsp3) is 0.500. The Balaban J connectivity index is 1.57. The van der Waals surface area contributed by atoms with Gasteiger partial charge in [0.2, 0.25) is 5.91 Å². The summed E-state index contributed by atoms with van der Waals surface area (Å²) < 4.78 is 21.0. The average molecular weight is 429 g/mol. The van der Waals surface area contributed by atoms with Crippen molar-refractivity contribution >= 4 is 17.4 Å². The molecule has 1 aliphatic heterocycles. The van der Waals surface area contributed by atoms with Crippen LogP contribution in [0, 0.1) is 5.82 Å². The lowest BCUT2D eigenvalue weighted by Gasteiger charge is -2.21. The molecule has 31 heavy (non-hydrogen) atoms. The number of halogens is 1. The molecule has 2 unspecified atom stereocenters. The highest BCUT2D eigenvalue weighted by molar-refractivity contribution is 5.83. The number of pyridine rings is 1. The zero-order chi connectivity index (χ0) is 22.2. The van der Waals surface area contributed by atoms with Crippen molar-refractivity contribution in [3.8, 4) is 5.75 Å². The predicted molar refractivity (Wildman–Crippen MR) is 122 cm³/mol. The van der Waals surface area contributed by atoms with Crippen LogP contribution in [0.4, 0.5) is 15.9 Å². The first kappa shape index (κ1) is 22.8. The number of carbonyl (C=O) groups excluding carboxylic acids is 1. The molecule has 0 bridgehead atoms. The van der Waals surface area contributed by atoms with Crippen LogP contribution in [-0.4, -0.2) is 43.2 Å². The molecule has 0 aliphatic carbocycles. The maximum atomic E-state index is 14.8. The molecular formula is C24H33FN4O2. The standard InChI is InChI=1S/C24H33FN4O2/c1-4-12-26-23-22(25)21(10-14-27-23)29-15-11-20(16-29)31-19-8-6-18(7-9-19)17(3)24(30)28-13-5-2/h6-10,14,17,20H,4-5,11-13,15-16H2,1-3H3,(H,26,27)(H,28,30). The van der Waals surface area contributed by atoms with E-state index in [1.165, 1.54) is 0 Å². The third kappa shape index (κ3) is 5.87. The van der Waals surface area contributed by atoms with E-state index in [0.717, 1.165) is 37.1 Å². The van der Waals surface area contributed by atoms with Crippen molar-refractivity contribution in [2.24, 2.45) is 0 Å². The molecule has 2 atom stereocenters. The number of benzene rings is 1. The van der Waals surface area contributed by atoms with Crippen LogP contribution in [0.15, 0.2) is 36.5 Å². The maximum absolute atomic E-state index is 14.8. The molecule has 168 valence electrons. The molecule has 2 aromatic rings. The Labute approximate surface area is 184 Å². The van der Waals surface area contributed by atoms with E-state index in [1.807, 2.05) is 49.9 Å². The SMILES string of the molecule is CCCNC(=O)C(C)c1ccc(OC2CCN(c3ccnc(NCCC)c3F)C2)cc1. The highest BCUT2D eigenvalue weighted by atomic mass is 19.1. The summed E-state index contributed by atoms with van der Waals surface area (Å²) in [7, 11) is 0. The predicted octanol–water partition coefficient (Wildman–Crippen LogP) is 4.33. The van der Waals surface area contributed by atoms with Gasteiger partial charge in [-0.15, -0.1) is 0 Å². The van der Waals surface area contributed by atoms with Gasteiger partial charge in [-0.3, -0.25) is 4.79 Å². The van der Waals surface area contributed by atoms with Gasteiger partial charge < -0.3 is 20.3 Å². The lowest BCUT2D eigenvalue weighted by atomic mass is 10.0. The molecule has 6 nitrogen and oxygen atoms in total. The van der Waals surface area contributed by atoms with Crippen molar-refractivity contribution in [3.63, 3.8) is 0 Å². The molecule has 1 aromatic carbocycles. The summed E-state index contributed by atoms with van der Waals surface area (Å²) >= 11 is 0. The van der Waals surface area contributed by atoms with Crippen LogP contribution in [0.3, 0.4) is 0 Å². The summed E-state index contributed by atoms with van der Waals surface area (Å²) in [5.41, 5.74) is 1.52. The summed E-state index contributed by atoms with van der Waals surface area (Å²) in [5.74, 6) is 0.590. The highest BCUT2D eigenvalue weighted by Crippen LogP contribution is 2.29. The molecule has 2 heterocycles. The van der Waals surface area contributed by atoms with Crippen LogP contribution < -0.4 is 20.3 Å². The van der Waals surface area contributed by atoms with Gasteiger partial charge in [-0.05, 0) is 43.5 Å². The summed E-state index contributed by atoms with van der Waals surface area (Å²) in [5, 5.41) is 5.97. The Hall–Kier alpha value is -2.83. The van der Waals surface area contributed by atoms with Gasteiger partial charge in [-0.1, -0.05) is 26.0 Å². The van der Waals surface area contributed by atoms with Crippen LogP contribution in [-0.2, 0) is 4.79 Å². The van der Waals surface area contributed by atoms with E-state index in [-0.39, 0.29) is 23.7 Å². The molecule has 0 radical (unpaired) electrons. The molecule has 1 saturated heterocycles. The molecule has 1 amide bonds. The van der Waals surface area contributed by atoms with Crippen LogP contribution >= 0.6 is 0 Å². The van der Waals surface area contributed by atoms with E-state index >= 15 is 0 Å². The number of ether oxygens (including phenoxy) is 1. The van der Waals surface area contributed by atoms with Gasteiger partial charge >= 0.3 is 0 Å². The van der Waals surface area contributed by atoms with Gasteiger partial charge in [-0.25, -0.2) is 9.37 Å². The summed E-state index contributed by atoms with van der Waals surface area (Å²) in [6, 6.07) is 9.40. The average Bonchev–Trinajstić information content (AvgIpc) is 3.25. The number of hydrogen-bond donors (Lipinski definition) is 2. The summed E-state index contributed by atoms with van der Waals surface area (Å²) in [6.07, 6.45) is 4.27. The van der Waals surface area contributed by atoms with E-state index in [4.69, 9.17) is 4.74 Å². The molecule has 1 fully saturated rings. The van der Waals surface area contributed by atoms with Crippen molar-refractivity contribution in [3.05, 3.63) is 47.9 Å². The Morgan fingerprint density at radius 3 is 2.68 bits per heavy atom. The lowest BCUT2D eigenvalue weighted by Crippen LogP contribution is -2.28. The van der Waals surface area contributed by atoms with Crippen molar-refractivity contribution in [2.75, 3.05) is 36.4 Å². The largest absolute Gasteiger partial charge is 0.489 e. The van der Waals surface area contributed by atoms with E-state index in [9.17, 15) is 9.18 Å². The number of anilines is 2. The topological polar surface area (TPSA) is 66.5 Å². The van der Waals surface area contributed by atoms with E-state index in [1.54, 1.807) is 12.3 Å². The smallest absolute Gasteiger partial charge is 0.227 e. The number of nitrogens with one attached hydrogen (secondary N) is 2. The van der Waals surface area contributed by atoms with Crippen LogP contribution in [0.2, 0.25) is 0 Å². The summed E-state index contributed by atoms with van der Waals surface area (Å²) in [4.78, 5) is 18.3. The summed E-state index contributed by atoms with van der Waals surface area (Å²) in [6.45, 7) is 8.70. The molecule has 3 rings (SSSR count). The minimum atomic E-state index is -0.309. The normalized spacial score (nSPS) is 16.8. The van der Waals surface area contributed by atoms with Crippen molar-refractivity contribution < 1.29 is 13.9 Å². The van der Waals surface area contributed by atoms with Gasteiger partial charge in [-0.2, -0.15) is 0 Å². The second kappa shape index (κ2) is 11.0. The van der Waals surface area contributed by atoms with E-state index in [2.05, 4.69) is 15.6 Å². The molecule has 2 N–H and O–H groups in total. The van der Waals surface area contributed by atoms with Crippen LogP contribution in [0.5, 0.6) is 5.75 Å². The third-order valence-electron chi connectivity index (χ3n) is 5.52. The quantitative estimate of drug-likeness (QED) is 0.590. The van der Waals surface area contributed by atoms with Crippen molar-refractivity contribution in [1.29, 1.82) is 0 Å². The minimum absolute atomic E-state index is 0.0178. The van der Waals surface area contributed by atoms with Gasteiger partial charge in [0.1, 0.15) is 11.9 Å². The fourth-order valence-electron chi connectivity index (χ4n) is 3.67. The highest BCUT2D eigenvalue weighted by Gasteiger charge is 2.27. The van der Waals surface area contributed by atoms with Crippen LogP contribution in [0.1, 0.15) is 51.5 Å². The number of amides is 1. The van der Waals surface area contributed by atoms with E-state index in [0.29, 0.717) is 31.1 Å². The Kier molecular flexibility index (Phi) is 8.09. The monoisotopic (exact) mass is 428 g/mol. The first-order chi connectivity index (χ1) is 15.0. The zero-order valence-electron chi connectivity index (χ0n) is 18.7. The molecule has 0 saturated carbocycles. The first-order valence-corrected chi connectivity index (χ1v) is 11.2. The zero-order valence-corrected chi connectivity index (χ0v) is 18.7. The number of nitrogens with zero attached hydrogens (tertiary/aromatic N) is 2. The molecule has 7 heteroatoms. The molecule has 0 spiro atoms. The van der Waals surface area contributed by atoms with Gasteiger partial charge in [0.15, 0.2) is 11.6 Å². The molecular weight excluding hydrogens is 395 g/mol. The Morgan fingerprint density at radius 1 is 1.23 bits per heavy atom. The third-order valence-corrected chi connectivity index (χ3v) is 5.52. The van der Waals surface area contributed by atoms with Gasteiger partial charge in [0.05, 0.1) is 18.2 Å². The fourth-order valence-corrected chi connectivity index (χ4v) is 3.67. The van der Waals surface area contributed by atoms with Crippen LogP contribution in [0.25, 0.3) is 0 Å². The number of aromatic nitrogens is 1. The second-order valence-corrected chi connectivity index (χ2v) is 7.98. The Morgan fingerprint density at radius 2 is 1.97 bits per heavy atom. The number of hydrogen-bond acceptors (Lipinski definition) is 5. The first-order valence-electron chi connectivity index (χ1n) is 11.2. The molecule has 1 aliphatic rings. The molecule has 1 aromatic heterocycles.